The normalized spacial score (nSPS) is 12.6. The number of pyridine rings is 1. The standard InChI is InChI=1S/C19H26ClN3/c1-4-5-18(19-11-10-17(20)13-22-19)21-12-15-6-8-16(9-7-15)14-23(2)3/h6-11,13,18,21H,4-5,12,14H2,1-3H3. The van der Waals surface area contributed by atoms with Crippen molar-refractivity contribution in [1.29, 1.82) is 0 Å². The third-order valence-electron chi connectivity index (χ3n) is 3.76. The van der Waals surface area contributed by atoms with Crippen LogP contribution in [0.3, 0.4) is 0 Å². The lowest BCUT2D eigenvalue weighted by atomic mass is 10.1. The molecule has 1 aromatic heterocycles. The van der Waals surface area contributed by atoms with Crippen LogP contribution in [-0.4, -0.2) is 24.0 Å². The van der Waals surface area contributed by atoms with Crippen molar-refractivity contribution in [2.24, 2.45) is 0 Å². The molecule has 2 aromatic rings. The van der Waals surface area contributed by atoms with E-state index in [0.29, 0.717) is 5.02 Å². The van der Waals surface area contributed by atoms with E-state index in [0.717, 1.165) is 31.6 Å². The molecule has 0 aliphatic rings. The largest absolute Gasteiger partial charge is 0.305 e. The Morgan fingerprint density at radius 2 is 1.78 bits per heavy atom. The predicted octanol–water partition coefficient (Wildman–Crippen LogP) is 4.43. The molecule has 2 rings (SSSR count). The van der Waals surface area contributed by atoms with Gasteiger partial charge in [0.25, 0.3) is 0 Å². The highest BCUT2D eigenvalue weighted by molar-refractivity contribution is 6.30. The lowest BCUT2D eigenvalue weighted by Crippen LogP contribution is -2.21. The highest BCUT2D eigenvalue weighted by Crippen LogP contribution is 2.19. The molecule has 23 heavy (non-hydrogen) atoms. The van der Waals surface area contributed by atoms with Gasteiger partial charge >= 0.3 is 0 Å². The summed E-state index contributed by atoms with van der Waals surface area (Å²) in [5, 5.41) is 4.30. The zero-order valence-electron chi connectivity index (χ0n) is 14.2. The van der Waals surface area contributed by atoms with Gasteiger partial charge in [0.2, 0.25) is 0 Å². The molecule has 0 spiro atoms. The maximum Gasteiger partial charge on any atom is 0.0589 e. The van der Waals surface area contributed by atoms with Crippen molar-refractivity contribution in [2.75, 3.05) is 14.1 Å². The van der Waals surface area contributed by atoms with Crippen molar-refractivity contribution in [1.82, 2.24) is 15.2 Å². The van der Waals surface area contributed by atoms with Gasteiger partial charge in [-0.15, -0.1) is 0 Å². The summed E-state index contributed by atoms with van der Waals surface area (Å²) in [6.45, 7) is 4.01. The van der Waals surface area contributed by atoms with E-state index >= 15 is 0 Å². The van der Waals surface area contributed by atoms with Crippen molar-refractivity contribution in [2.45, 2.75) is 38.9 Å². The Labute approximate surface area is 144 Å². The highest BCUT2D eigenvalue weighted by atomic mass is 35.5. The average Bonchev–Trinajstić information content (AvgIpc) is 2.53. The molecular weight excluding hydrogens is 306 g/mol. The van der Waals surface area contributed by atoms with Gasteiger partial charge in [0.1, 0.15) is 0 Å². The van der Waals surface area contributed by atoms with Crippen LogP contribution in [0.1, 0.15) is 42.6 Å². The summed E-state index contributed by atoms with van der Waals surface area (Å²) in [6.07, 6.45) is 3.90. The Hall–Kier alpha value is -1.42. The molecule has 1 aromatic carbocycles. The second-order valence-corrected chi connectivity index (χ2v) is 6.61. The molecule has 3 nitrogen and oxygen atoms in total. The van der Waals surface area contributed by atoms with Crippen molar-refractivity contribution in [3.8, 4) is 0 Å². The number of hydrogen-bond acceptors (Lipinski definition) is 3. The van der Waals surface area contributed by atoms with Crippen LogP contribution in [0.4, 0.5) is 0 Å². The second kappa shape index (κ2) is 9.02. The summed E-state index contributed by atoms with van der Waals surface area (Å²) >= 11 is 5.93. The number of nitrogens with one attached hydrogen (secondary N) is 1. The molecule has 1 heterocycles. The summed E-state index contributed by atoms with van der Waals surface area (Å²) < 4.78 is 0. The molecule has 124 valence electrons. The fourth-order valence-electron chi connectivity index (χ4n) is 2.61. The van der Waals surface area contributed by atoms with E-state index in [1.165, 1.54) is 11.1 Å². The quantitative estimate of drug-likeness (QED) is 0.775. The molecule has 0 fully saturated rings. The third-order valence-corrected chi connectivity index (χ3v) is 3.98. The molecule has 0 saturated heterocycles. The maximum atomic E-state index is 5.93. The Balaban J connectivity index is 1.97. The van der Waals surface area contributed by atoms with Crippen LogP contribution in [-0.2, 0) is 13.1 Å². The molecule has 0 aliphatic carbocycles. The first kappa shape index (κ1) is 17.9. The van der Waals surface area contributed by atoms with Gasteiger partial charge in [0, 0.05) is 25.3 Å². The maximum absolute atomic E-state index is 5.93. The van der Waals surface area contributed by atoms with Crippen LogP contribution in [0.25, 0.3) is 0 Å². The summed E-state index contributed by atoms with van der Waals surface area (Å²) in [5.41, 5.74) is 3.69. The fourth-order valence-corrected chi connectivity index (χ4v) is 2.72. The lowest BCUT2D eigenvalue weighted by Gasteiger charge is -2.18. The van der Waals surface area contributed by atoms with Crippen molar-refractivity contribution >= 4 is 11.6 Å². The molecule has 1 unspecified atom stereocenters. The molecule has 4 heteroatoms. The van der Waals surface area contributed by atoms with E-state index in [1.54, 1.807) is 6.20 Å². The van der Waals surface area contributed by atoms with Crippen LogP contribution in [0.5, 0.6) is 0 Å². The predicted molar refractivity (Wildman–Crippen MR) is 97.6 cm³/mol. The number of aromatic nitrogens is 1. The number of rotatable bonds is 8. The lowest BCUT2D eigenvalue weighted by molar-refractivity contribution is 0.402. The zero-order chi connectivity index (χ0) is 16.7. The van der Waals surface area contributed by atoms with E-state index in [9.17, 15) is 0 Å². The second-order valence-electron chi connectivity index (χ2n) is 6.18. The van der Waals surface area contributed by atoms with E-state index in [1.807, 2.05) is 12.1 Å². The van der Waals surface area contributed by atoms with Crippen LogP contribution in [0.15, 0.2) is 42.6 Å². The monoisotopic (exact) mass is 331 g/mol. The Morgan fingerprint density at radius 3 is 2.35 bits per heavy atom. The molecule has 1 N–H and O–H groups in total. The van der Waals surface area contributed by atoms with Gasteiger partial charge in [-0.2, -0.15) is 0 Å². The minimum atomic E-state index is 0.263. The minimum absolute atomic E-state index is 0.263. The van der Waals surface area contributed by atoms with Gasteiger partial charge in [0.05, 0.1) is 10.7 Å². The molecule has 1 atom stereocenters. The van der Waals surface area contributed by atoms with Crippen LogP contribution in [0.2, 0.25) is 5.02 Å². The number of halogens is 1. The van der Waals surface area contributed by atoms with E-state index in [2.05, 4.69) is 60.5 Å². The molecule has 0 radical (unpaired) electrons. The first-order valence-electron chi connectivity index (χ1n) is 8.16. The van der Waals surface area contributed by atoms with Gasteiger partial charge < -0.3 is 10.2 Å². The Bertz CT molecular complexity index is 579. The average molecular weight is 332 g/mol. The fraction of sp³-hybridized carbons (Fsp3) is 0.421. The van der Waals surface area contributed by atoms with Crippen molar-refractivity contribution in [3.63, 3.8) is 0 Å². The highest BCUT2D eigenvalue weighted by Gasteiger charge is 2.11. The summed E-state index contributed by atoms with van der Waals surface area (Å²) in [7, 11) is 4.17. The number of nitrogens with zero attached hydrogens (tertiary/aromatic N) is 2. The van der Waals surface area contributed by atoms with Gasteiger partial charge in [-0.05, 0) is 43.8 Å². The first-order valence-corrected chi connectivity index (χ1v) is 8.53. The van der Waals surface area contributed by atoms with E-state index in [-0.39, 0.29) is 6.04 Å². The van der Waals surface area contributed by atoms with Gasteiger partial charge in [-0.3, -0.25) is 4.98 Å². The minimum Gasteiger partial charge on any atom is -0.305 e. The first-order chi connectivity index (χ1) is 11.1. The third kappa shape index (κ3) is 5.94. The Morgan fingerprint density at radius 1 is 1.09 bits per heavy atom. The van der Waals surface area contributed by atoms with Crippen LogP contribution < -0.4 is 5.32 Å². The number of benzene rings is 1. The number of hydrogen-bond donors (Lipinski definition) is 1. The van der Waals surface area contributed by atoms with Gasteiger partial charge in [0.15, 0.2) is 0 Å². The van der Waals surface area contributed by atoms with Gasteiger partial charge in [-0.25, -0.2) is 0 Å². The van der Waals surface area contributed by atoms with Crippen molar-refractivity contribution in [3.05, 3.63) is 64.4 Å². The SMILES string of the molecule is CCCC(NCc1ccc(CN(C)C)cc1)c1ccc(Cl)cn1. The molecule has 0 amide bonds. The molecule has 0 aliphatic heterocycles. The summed E-state index contributed by atoms with van der Waals surface area (Å²) in [4.78, 5) is 6.63. The summed E-state index contributed by atoms with van der Waals surface area (Å²) in [6, 6.07) is 13.0. The zero-order valence-corrected chi connectivity index (χ0v) is 15.0. The van der Waals surface area contributed by atoms with E-state index < -0.39 is 0 Å². The van der Waals surface area contributed by atoms with E-state index in [4.69, 9.17) is 11.6 Å². The molecule has 0 bridgehead atoms. The summed E-state index contributed by atoms with van der Waals surface area (Å²) in [5.74, 6) is 0. The molecular formula is C19H26ClN3. The van der Waals surface area contributed by atoms with Crippen molar-refractivity contribution < 1.29 is 0 Å². The topological polar surface area (TPSA) is 28.2 Å². The van der Waals surface area contributed by atoms with Crippen LogP contribution >= 0.6 is 11.6 Å². The van der Waals surface area contributed by atoms with Gasteiger partial charge in [-0.1, -0.05) is 49.2 Å². The Kier molecular flexibility index (Phi) is 7.03. The smallest absolute Gasteiger partial charge is 0.0589 e. The molecule has 0 saturated carbocycles. The van der Waals surface area contributed by atoms with Crippen LogP contribution in [0, 0.1) is 0 Å².